The van der Waals surface area contributed by atoms with Crippen molar-refractivity contribution >= 4 is 21.5 Å². The minimum absolute atomic E-state index is 0.0129. The molecule has 2 aromatic rings. The summed E-state index contributed by atoms with van der Waals surface area (Å²) >= 11 is 0. The van der Waals surface area contributed by atoms with E-state index >= 15 is 0 Å². The smallest absolute Gasteiger partial charge is 0.251 e. The van der Waals surface area contributed by atoms with Gasteiger partial charge in [0, 0.05) is 23.2 Å². The summed E-state index contributed by atoms with van der Waals surface area (Å²) in [4.78, 5) is 26.8. The highest BCUT2D eigenvalue weighted by Crippen LogP contribution is 2.34. The van der Waals surface area contributed by atoms with Gasteiger partial charge in [0.15, 0.2) is 5.78 Å². The lowest BCUT2D eigenvalue weighted by atomic mass is 10.0. The number of amides is 1. The summed E-state index contributed by atoms with van der Waals surface area (Å²) in [5, 5.41) is 2.77. The second-order valence-corrected chi connectivity index (χ2v) is 8.34. The van der Waals surface area contributed by atoms with Crippen LogP contribution in [0.4, 0.5) is 0 Å². The van der Waals surface area contributed by atoms with Gasteiger partial charge in [-0.1, -0.05) is 12.1 Å². The van der Waals surface area contributed by atoms with Crippen LogP contribution in [0.3, 0.4) is 0 Å². The van der Waals surface area contributed by atoms with Crippen molar-refractivity contribution in [1.82, 2.24) is 10.2 Å². The van der Waals surface area contributed by atoms with Crippen LogP contribution >= 0.6 is 0 Å². The molecule has 0 aromatic heterocycles. The van der Waals surface area contributed by atoms with Crippen molar-refractivity contribution in [1.29, 1.82) is 0 Å². The number of ketones is 1. The number of hydrogen-bond donors (Lipinski definition) is 1. The topological polar surface area (TPSA) is 83.6 Å². The van der Waals surface area contributed by atoms with E-state index in [0.717, 1.165) is 13.0 Å². The standard InChI is InChI=1S/C19H20N2O4S/c1-21(2)11-5-10-20-19(23)13-8-9-15-17(12-13)26(24,25)16-7-4-3-6-14(16)18(15)22/h3-4,6-9,12H,5,10-11H2,1-2H3,(H,20,23). The van der Waals surface area contributed by atoms with E-state index in [1.54, 1.807) is 12.1 Å². The fraction of sp³-hybridized carbons (Fsp3) is 0.263. The van der Waals surface area contributed by atoms with Crippen LogP contribution in [0.2, 0.25) is 0 Å². The predicted octanol–water partition coefficient (Wildman–Crippen LogP) is 1.75. The normalized spacial score (nSPS) is 14.7. The highest BCUT2D eigenvalue weighted by atomic mass is 32.2. The van der Waals surface area contributed by atoms with Gasteiger partial charge in [0.05, 0.1) is 9.79 Å². The van der Waals surface area contributed by atoms with Crippen LogP contribution in [0.1, 0.15) is 32.7 Å². The number of carbonyl (C=O) groups is 2. The lowest BCUT2D eigenvalue weighted by molar-refractivity contribution is 0.0950. The van der Waals surface area contributed by atoms with E-state index < -0.39 is 9.84 Å². The van der Waals surface area contributed by atoms with Crippen molar-refractivity contribution in [2.75, 3.05) is 27.2 Å². The van der Waals surface area contributed by atoms with Gasteiger partial charge in [-0.05, 0) is 57.4 Å². The maximum absolute atomic E-state index is 12.9. The molecule has 0 bridgehead atoms. The van der Waals surface area contributed by atoms with Gasteiger partial charge in [-0.2, -0.15) is 0 Å². The van der Waals surface area contributed by atoms with E-state index in [1.807, 2.05) is 19.0 Å². The Morgan fingerprint density at radius 1 is 1.04 bits per heavy atom. The van der Waals surface area contributed by atoms with Crippen LogP contribution in [-0.2, 0) is 9.84 Å². The molecule has 0 atom stereocenters. The van der Waals surface area contributed by atoms with Crippen LogP contribution in [0, 0.1) is 0 Å². The molecule has 0 saturated heterocycles. The molecule has 1 heterocycles. The predicted molar refractivity (Wildman–Crippen MR) is 97.3 cm³/mol. The third kappa shape index (κ3) is 3.27. The molecule has 0 spiro atoms. The SMILES string of the molecule is CN(C)CCCNC(=O)c1ccc2c(c1)S(=O)(=O)c1ccccc1C2=O. The second kappa shape index (κ2) is 7.01. The molecule has 6 nitrogen and oxygen atoms in total. The number of rotatable bonds is 5. The molecule has 136 valence electrons. The molecule has 2 aromatic carbocycles. The summed E-state index contributed by atoms with van der Waals surface area (Å²) < 4.78 is 25.7. The highest BCUT2D eigenvalue weighted by molar-refractivity contribution is 7.91. The van der Waals surface area contributed by atoms with E-state index in [1.165, 1.54) is 30.3 Å². The molecular formula is C19H20N2O4S. The molecule has 1 amide bonds. The molecule has 26 heavy (non-hydrogen) atoms. The lowest BCUT2D eigenvalue weighted by Gasteiger charge is -2.19. The lowest BCUT2D eigenvalue weighted by Crippen LogP contribution is -2.28. The van der Waals surface area contributed by atoms with Crippen molar-refractivity contribution in [3.8, 4) is 0 Å². The van der Waals surface area contributed by atoms with Crippen molar-refractivity contribution < 1.29 is 18.0 Å². The summed E-state index contributed by atoms with van der Waals surface area (Å²) in [5.74, 6) is -0.698. The second-order valence-electron chi connectivity index (χ2n) is 6.45. The Bertz CT molecular complexity index is 981. The number of nitrogens with one attached hydrogen (secondary N) is 1. The Morgan fingerprint density at radius 2 is 1.73 bits per heavy atom. The maximum Gasteiger partial charge on any atom is 0.251 e. The Hall–Kier alpha value is -2.51. The number of nitrogens with zero attached hydrogens (tertiary/aromatic N) is 1. The number of benzene rings is 2. The molecule has 1 aliphatic rings. The zero-order chi connectivity index (χ0) is 18.9. The first-order valence-corrected chi connectivity index (χ1v) is 9.76. The summed E-state index contributed by atoms with van der Waals surface area (Å²) in [5.41, 5.74) is 0.498. The number of fused-ring (bicyclic) bond motifs is 2. The highest BCUT2D eigenvalue weighted by Gasteiger charge is 2.34. The van der Waals surface area contributed by atoms with E-state index in [9.17, 15) is 18.0 Å². The van der Waals surface area contributed by atoms with Crippen LogP contribution in [-0.4, -0.2) is 52.2 Å². The van der Waals surface area contributed by atoms with Crippen LogP contribution in [0.5, 0.6) is 0 Å². The number of carbonyl (C=O) groups excluding carboxylic acids is 2. The van der Waals surface area contributed by atoms with Gasteiger partial charge in [-0.15, -0.1) is 0 Å². The summed E-state index contributed by atoms with van der Waals surface area (Å²) in [6, 6.07) is 10.3. The maximum atomic E-state index is 12.9. The van der Waals surface area contributed by atoms with Crippen LogP contribution in [0.15, 0.2) is 52.3 Å². The number of hydrogen-bond acceptors (Lipinski definition) is 5. The average molecular weight is 372 g/mol. The van der Waals surface area contributed by atoms with E-state index in [0.29, 0.717) is 6.54 Å². The van der Waals surface area contributed by atoms with Gasteiger partial charge in [0.25, 0.3) is 5.91 Å². The minimum atomic E-state index is -3.83. The Balaban J connectivity index is 1.90. The third-order valence-electron chi connectivity index (χ3n) is 4.27. The molecular weight excluding hydrogens is 352 g/mol. The monoisotopic (exact) mass is 372 g/mol. The molecule has 3 rings (SSSR count). The number of sulfone groups is 1. The Morgan fingerprint density at radius 3 is 2.46 bits per heavy atom. The van der Waals surface area contributed by atoms with Crippen LogP contribution in [0.25, 0.3) is 0 Å². The Labute approximate surface area is 152 Å². The molecule has 7 heteroatoms. The fourth-order valence-corrected chi connectivity index (χ4v) is 4.60. The zero-order valence-electron chi connectivity index (χ0n) is 14.7. The molecule has 0 saturated carbocycles. The first-order chi connectivity index (χ1) is 12.3. The summed E-state index contributed by atoms with van der Waals surface area (Å²) in [6.45, 7) is 1.33. The van der Waals surface area contributed by atoms with Gasteiger partial charge in [0.1, 0.15) is 0 Å². The quantitative estimate of drug-likeness (QED) is 0.690. The molecule has 0 unspecified atom stereocenters. The first-order valence-electron chi connectivity index (χ1n) is 8.28. The van der Waals surface area contributed by atoms with E-state index in [4.69, 9.17) is 0 Å². The summed E-state index contributed by atoms with van der Waals surface area (Å²) in [6.07, 6.45) is 0.786. The van der Waals surface area contributed by atoms with Crippen molar-refractivity contribution in [3.05, 3.63) is 59.2 Å². The molecule has 0 radical (unpaired) electrons. The summed E-state index contributed by atoms with van der Waals surface area (Å²) in [7, 11) is 0.0646. The van der Waals surface area contributed by atoms with Gasteiger partial charge < -0.3 is 10.2 Å². The first kappa shape index (κ1) is 18.3. The van der Waals surface area contributed by atoms with Crippen molar-refractivity contribution in [3.63, 3.8) is 0 Å². The molecule has 1 aliphatic heterocycles. The molecule has 0 fully saturated rings. The largest absolute Gasteiger partial charge is 0.352 e. The van der Waals surface area contributed by atoms with Crippen LogP contribution < -0.4 is 5.32 Å². The van der Waals surface area contributed by atoms with Gasteiger partial charge in [0.2, 0.25) is 9.84 Å². The minimum Gasteiger partial charge on any atom is -0.352 e. The van der Waals surface area contributed by atoms with E-state index in [-0.39, 0.29) is 38.2 Å². The zero-order valence-corrected chi connectivity index (χ0v) is 15.5. The van der Waals surface area contributed by atoms with Crippen molar-refractivity contribution in [2.45, 2.75) is 16.2 Å². The third-order valence-corrected chi connectivity index (χ3v) is 6.12. The van der Waals surface area contributed by atoms with Gasteiger partial charge in [-0.25, -0.2) is 8.42 Å². The average Bonchev–Trinajstić information content (AvgIpc) is 2.63. The van der Waals surface area contributed by atoms with Crippen molar-refractivity contribution in [2.24, 2.45) is 0 Å². The van der Waals surface area contributed by atoms with Gasteiger partial charge >= 0.3 is 0 Å². The molecule has 1 N–H and O–H groups in total. The Kier molecular flexibility index (Phi) is 4.93. The molecule has 0 aliphatic carbocycles. The fourth-order valence-electron chi connectivity index (χ4n) is 2.92. The van der Waals surface area contributed by atoms with E-state index in [2.05, 4.69) is 5.32 Å². The van der Waals surface area contributed by atoms with Gasteiger partial charge in [-0.3, -0.25) is 9.59 Å².